The maximum atomic E-state index is 14.6. The van der Waals surface area contributed by atoms with E-state index in [0.29, 0.717) is 13.0 Å². The Kier molecular flexibility index (Phi) is 9.92. The van der Waals surface area contributed by atoms with Gasteiger partial charge in [0.05, 0.1) is 12.2 Å². The van der Waals surface area contributed by atoms with Crippen LogP contribution in [0.3, 0.4) is 0 Å². The predicted octanol–water partition coefficient (Wildman–Crippen LogP) is 9.31. The van der Waals surface area contributed by atoms with Crippen molar-refractivity contribution in [2.45, 2.75) is 50.6 Å². The second-order valence-electron chi connectivity index (χ2n) is 11.0. The number of carboxylic acid groups (broad SMARTS) is 1. The second kappa shape index (κ2) is 13.7. The monoisotopic (exact) mass is 711 g/mol. The van der Waals surface area contributed by atoms with Crippen LogP contribution < -0.4 is 5.32 Å². The van der Waals surface area contributed by atoms with E-state index in [0.717, 1.165) is 43.9 Å². The number of hydrogen-bond acceptors (Lipinski definition) is 3. The molecule has 2 N–H and O–H groups in total. The summed E-state index contributed by atoms with van der Waals surface area (Å²) in [5, 5.41) is 13.5. The normalized spacial score (nSPS) is 17.9. The first-order valence-electron chi connectivity index (χ1n) is 14.5. The molecule has 1 fully saturated rings. The summed E-state index contributed by atoms with van der Waals surface area (Å²) in [4.78, 5) is 12.7. The van der Waals surface area contributed by atoms with Gasteiger partial charge in [0.2, 0.25) is 0 Å². The van der Waals surface area contributed by atoms with Crippen molar-refractivity contribution < 1.29 is 27.8 Å². The molecule has 0 amide bonds. The zero-order valence-corrected chi connectivity index (χ0v) is 26.4. The molecule has 8 heteroatoms. The fourth-order valence-electron chi connectivity index (χ4n) is 5.80. The van der Waals surface area contributed by atoms with Crippen LogP contribution in [0.2, 0.25) is 0 Å². The van der Waals surface area contributed by atoms with E-state index in [4.69, 9.17) is 4.74 Å². The number of carboxylic acids is 1. The van der Waals surface area contributed by atoms with Gasteiger partial charge in [-0.25, -0.2) is 0 Å². The molecule has 0 aliphatic carbocycles. The molecule has 1 heterocycles. The lowest BCUT2D eigenvalue weighted by atomic mass is 9.79. The van der Waals surface area contributed by atoms with Crippen LogP contribution >= 0.6 is 22.6 Å². The van der Waals surface area contributed by atoms with E-state index >= 15 is 0 Å². The number of benzene rings is 4. The van der Waals surface area contributed by atoms with E-state index in [1.807, 2.05) is 79.7 Å². The van der Waals surface area contributed by atoms with Crippen molar-refractivity contribution in [1.29, 1.82) is 0 Å². The third-order valence-corrected chi connectivity index (χ3v) is 8.91. The first kappa shape index (κ1) is 31.9. The highest BCUT2D eigenvalue weighted by atomic mass is 127. The van der Waals surface area contributed by atoms with Crippen molar-refractivity contribution in [3.63, 3.8) is 0 Å². The molecule has 4 aromatic rings. The molecule has 0 radical (unpaired) electrons. The van der Waals surface area contributed by atoms with Gasteiger partial charge in [-0.3, -0.25) is 10.1 Å². The van der Waals surface area contributed by atoms with Gasteiger partial charge in [-0.2, -0.15) is 13.2 Å². The lowest BCUT2D eigenvalue weighted by Gasteiger charge is -2.41. The number of nitrogens with one attached hydrogen (secondary N) is 1. The van der Waals surface area contributed by atoms with E-state index < -0.39 is 29.4 Å². The summed E-state index contributed by atoms with van der Waals surface area (Å²) in [6.07, 6.45) is -1.02. The lowest BCUT2D eigenvalue weighted by molar-refractivity contribution is -0.156. The molecule has 0 saturated carbocycles. The van der Waals surface area contributed by atoms with Crippen molar-refractivity contribution in [3.8, 4) is 11.1 Å². The molecule has 4 aromatic carbocycles. The maximum absolute atomic E-state index is 14.6. The molecule has 0 aromatic heterocycles. The number of rotatable bonds is 9. The van der Waals surface area contributed by atoms with Gasteiger partial charge in [-0.05, 0) is 112 Å². The van der Waals surface area contributed by atoms with Gasteiger partial charge in [0, 0.05) is 3.57 Å². The third-order valence-electron chi connectivity index (χ3n) is 8.19. The number of piperidine rings is 1. The van der Waals surface area contributed by atoms with E-state index in [-0.39, 0.29) is 24.2 Å². The molecule has 4 nitrogen and oxygen atoms in total. The molecule has 0 spiro atoms. The van der Waals surface area contributed by atoms with Crippen LogP contribution in [0.25, 0.3) is 23.3 Å². The minimum Gasteiger partial charge on any atom is -0.480 e. The van der Waals surface area contributed by atoms with Crippen molar-refractivity contribution >= 4 is 40.7 Å². The largest absolute Gasteiger partial charge is 0.480 e. The molecular formula is C36H33F3INO3. The molecule has 2 atom stereocenters. The van der Waals surface area contributed by atoms with Crippen molar-refractivity contribution in [2.24, 2.45) is 0 Å². The SMILES string of the molecule is Cc1c(C=Cc2ccc(C(OCc3ccc(I)cc3)C3(C(=O)O)CCCCN3)cc2C(F)(F)F)cccc1-c1ccccc1. The number of halogens is 4. The number of hydrogen-bond donors (Lipinski definition) is 2. The van der Waals surface area contributed by atoms with Crippen LogP contribution in [0.5, 0.6) is 0 Å². The van der Waals surface area contributed by atoms with Gasteiger partial charge in [0.25, 0.3) is 0 Å². The maximum Gasteiger partial charge on any atom is 0.416 e. The Morgan fingerprint density at radius 3 is 2.36 bits per heavy atom. The Labute approximate surface area is 269 Å². The van der Waals surface area contributed by atoms with Crippen LogP contribution in [0, 0.1) is 10.5 Å². The van der Waals surface area contributed by atoms with Gasteiger partial charge in [0.15, 0.2) is 0 Å². The molecule has 0 bridgehead atoms. The summed E-state index contributed by atoms with van der Waals surface area (Å²) >= 11 is 2.18. The van der Waals surface area contributed by atoms with E-state index in [1.54, 1.807) is 12.1 Å². The smallest absolute Gasteiger partial charge is 0.416 e. The highest BCUT2D eigenvalue weighted by molar-refractivity contribution is 14.1. The van der Waals surface area contributed by atoms with E-state index in [2.05, 4.69) is 27.9 Å². The topological polar surface area (TPSA) is 58.6 Å². The van der Waals surface area contributed by atoms with Gasteiger partial charge in [0.1, 0.15) is 11.6 Å². The van der Waals surface area contributed by atoms with E-state index in [9.17, 15) is 23.1 Å². The number of ether oxygens (including phenoxy) is 1. The summed E-state index contributed by atoms with van der Waals surface area (Å²) < 4.78 is 50.9. The lowest BCUT2D eigenvalue weighted by Crippen LogP contribution is -2.59. The summed E-state index contributed by atoms with van der Waals surface area (Å²) in [6.45, 7) is 2.44. The van der Waals surface area contributed by atoms with Gasteiger partial charge < -0.3 is 9.84 Å². The minimum atomic E-state index is -4.67. The Hall–Kier alpha value is -3.47. The number of alkyl halides is 3. The molecule has 5 rings (SSSR count). The number of aliphatic carboxylic acids is 1. The van der Waals surface area contributed by atoms with Gasteiger partial charge >= 0.3 is 12.1 Å². The molecule has 228 valence electrons. The minimum absolute atomic E-state index is 0.0110. The molecule has 1 saturated heterocycles. The zero-order chi connectivity index (χ0) is 31.3. The van der Waals surface area contributed by atoms with Gasteiger partial charge in [-0.15, -0.1) is 0 Å². The Bertz CT molecular complexity index is 1630. The molecular weight excluding hydrogens is 678 g/mol. The fraction of sp³-hybridized carbons (Fsp3) is 0.250. The Morgan fingerprint density at radius 1 is 0.977 bits per heavy atom. The van der Waals surface area contributed by atoms with Crippen LogP contribution in [0.4, 0.5) is 13.2 Å². The molecule has 44 heavy (non-hydrogen) atoms. The Balaban J connectivity index is 1.53. The average Bonchev–Trinajstić information content (AvgIpc) is 3.02. The quantitative estimate of drug-likeness (QED) is 0.134. The summed E-state index contributed by atoms with van der Waals surface area (Å²) in [5.41, 5.74) is 2.35. The molecule has 2 unspecified atom stereocenters. The van der Waals surface area contributed by atoms with Crippen molar-refractivity contribution in [1.82, 2.24) is 5.32 Å². The van der Waals surface area contributed by atoms with Crippen LogP contribution in [0.1, 0.15) is 58.7 Å². The van der Waals surface area contributed by atoms with Crippen LogP contribution in [0.15, 0.2) is 91.0 Å². The summed E-state index contributed by atoms with van der Waals surface area (Å²) in [6, 6.07) is 27.1. The standard InChI is InChI=1S/C36H33F3INO3/c1-24-26(10-7-11-31(24)27-8-3-2-4-9-27)14-15-28-16-17-29(22-32(28)36(37,38)39)33(35(34(42)43)20-5-6-21-41-35)44-23-25-12-18-30(40)19-13-25/h2-4,7-19,22,33,41H,5-6,20-21,23H2,1H3,(H,42,43). The first-order chi connectivity index (χ1) is 21.1. The zero-order valence-electron chi connectivity index (χ0n) is 24.2. The van der Waals surface area contributed by atoms with Crippen molar-refractivity contribution in [2.75, 3.05) is 6.54 Å². The summed E-state index contributed by atoms with van der Waals surface area (Å²) in [5.74, 6) is -1.14. The van der Waals surface area contributed by atoms with Crippen LogP contribution in [-0.2, 0) is 22.3 Å². The molecule has 1 aliphatic heterocycles. The van der Waals surface area contributed by atoms with E-state index in [1.165, 1.54) is 12.1 Å². The van der Waals surface area contributed by atoms with Crippen LogP contribution in [-0.4, -0.2) is 23.2 Å². The van der Waals surface area contributed by atoms with Crippen molar-refractivity contribution in [3.05, 3.63) is 128 Å². The Morgan fingerprint density at radius 2 is 1.70 bits per heavy atom. The van der Waals surface area contributed by atoms with Gasteiger partial charge in [-0.1, -0.05) is 84.9 Å². The third kappa shape index (κ3) is 7.08. The predicted molar refractivity (Wildman–Crippen MR) is 176 cm³/mol. The number of carbonyl (C=O) groups is 1. The first-order valence-corrected chi connectivity index (χ1v) is 15.5. The fourth-order valence-corrected chi connectivity index (χ4v) is 6.16. The average molecular weight is 712 g/mol. The second-order valence-corrected chi connectivity index (χ2v) is 12.3. The molecule has 1 aliphatic rings. The highest BCUT2D eigenvalue weighted by Gasteiger charge is 2.49. The highest BCUT2D eigenvalue weighted by Crippen LogP contribution is 2.41. The summed E-state index contributed by atoms with van der Waals surface area (Å²) in [7, 11) is 0.